The number of amides is 1. The molecule has 0 saturated carbocycles. The number of carbonyl (C=O) groups excluding carboxylic acids is 1. The number of nitrogens with zero attached hydrogens (tertiary/aromatic N) is 2. The minimum absolute atomic E-state index is 0.0703. The molecular weight excluding hydrogens is 446 g/mol. The number of aliphatic carboxylic acids is 1. The molecule has 2 heterocycles. The van der Waals surface area contributed by atoms with E-state index in [-0.39, 0.29) is 11.1 Å². The summed E-state index contributed by atoms with van der Waals surface area (Å²) in [5.74, 6) is -2.10. The van der Waals surface area contributed by atoms with E-state index in [0.29, 0.717) is 24.2 Å². The molecule has 0 aliphatic carbocycles. The van der Waals surface area contributed by atoms with Gasteiger partial charge in [0.25, 0.3) is 11.5 Å². The van der Waals surface area contributed by atoms with Gasteiger partial charge < -0.3 is 20.7 Å². The van der Waals surface area contributed by atoms with Crippen LogP contribution in [0.2, 0.25) is 0 Å². The zero-order valence-corrected chi connectivity index (χ0v) is 19.5. The number of hydrogen-bond acceptors (Lipinski definition) is 6. The molecule has 0 aliphatic rings. The molecule has 3 rings (SSSR count). The van der Waals surface area contributed by atoms with E-state index >= 15 is 0 Å². The SMILES string of the molecule is C/C(N)=C(\C)C(=N)C(=O)NC(C(=O)O)c1cncc(Cc2ccc(Cn3ccccc3=O)cc2)c1. The Balaban J connectivity index is 1.73. The van der Waals surface area contributed by atoms with Gasteiger partial charge in [0, 0.05) is 35.9 Å². The second-order valence-corrected chi connectivity index (χ2v) is 8.21. The quantitative estimate of drug-likeness (QED) is 0.350. The minimum atomic E-state index is -1.37. The first-order valence-electron chi connectivity index (χ1n) is 10.9. The van der Waals surface area contributed by atoms with Crippen molar-refractivity contribution in [3.05, 3.63) is 111 Å². The molecule has 9 heteroatoms. The third-order valence-electron chi connectivity index (χ3n) is 5.55. The maximum Gasteiger partial charge on any atom is 0.330 e. The van der Waals surface area contributed by atoms with Crippen molar-refractivity contribution < 1.29 is 14.7 Å². The van der Waals surface area contributed by atoms with Gasteiger partial charge in [0.05, 0.1) is 6.54 Å². The highest BCUT2D eigenvalue weighted by atomic mass is 16.4. The van der Waals surface area contributed by atoms with Crippen LogP contribution in [0.15, 0.2) is 83.2 Å². The smallest absolute Gasteiger partial charge is 0.330 e. The number of carboxylic acid groups (broad SMARTS) is 1. The van der Waals surface area contributed by atoms with Crippen molar-refractivity contribution in [2.45, 2.75) is 32.9 Å². The van der Waals surface area contributed by atoms with Gasteiger partial charge in [-0.2, -0.15) is 0 Å². The van der Waals surface area contributed by atoms with E-state index in [1.807, 2.05) is 30.3 Å². The first-order valence-corrected chi connectivity index (χ1v) is 10.9. The van der Waals surface area contributed by atoms with Crippen LogP contribution in [0.3, 0.4) is 0 Å². The van der Waals surface area contributed by atoms with Crippen molar-refractivity contribution in [1.82, 2.24) is 14.9 Å². The summed E-state index contributed by atoms with van der Waals surface area (Å²) in [5, 5.41) is 20.0. The first-order chi connectivity index (χ1) is 16.7. The third kappa shape index (κ3) is 6.50. The Morgan fingerprint density at radius 2 is 1.77 bits per heavy atom. The Morgan fingerprint density at radius 3 is 2.40 bits per heavy atom. The number of carbonyl (C=O) groups is 2. The number of rotatable bonds is 9. The van der Waals surface area contributed by atoms with E-state index < -0.39 is 23.6 Å². The molecule has 0 aliphatic heterocycles. The Kier molecular flexibility index (Phi) is 7.93. The predicted octanol–water partition coefficient (Wildman–Crippen LogP) is 2.40. The lowest BCUT2D eigenvalue weighted by atomic mass is 10.0. The summed E-state index contributed by atoms with van der Waals surface area (Å²) >= 11 is 0. The topological polar surface area (TPSA) is 151 Å². The van der Waals surface area contributed by atoms with E-state index in [0.717, 1.165) is 16.7 Å². The molecule has 5 N–H and O–H groups in total. The van der Waals surface area contributed by atoms with Gasteiger partial charge in [0.15, 0.2) is 6.04 Å². The largest absolute Gasteiger partial charge is 0.479 e. The normalized spacial score (nSPS) is 12.4. The lowest BCUT2D eigenvalue weighted by molar-refractivity contribution is -0.141. The Bertz CT molecular complexity index is 1340. The van der Waals surface area contributed by atoms with Crippen molar-refractivity contribution in [1.29, 1.82) is 5.41 Å². The Hall–Kier alpha value is -4.53. The maximum atomic E-state index is 12.4. The zero-order valence-electron chi connectivity index (χ0n) is 19.5. The average Bonchev–Trinajstić information content (AvgIpc) is 2.84. The number of carboxylic acids is 1. The lowest BCUT2D eigenvalue weighted by Gasteiger charge is -2.16. The van der Waals surface area contributed by atoms with Gasteiger partial charge in [-0.05, 0) is 54.7 Å². The summed E-state index contributed by atoms with van der Waals surface area (Å²) in [7, 11) is 0. The van der Waals surface area contributed by atoms with Crippen LogP contribution in [0, 0.1) is 5.41 Å². The number of pyridine rings is 2. The lowest BCUT2D eigenvalue weighted by Crippen LogP contribution is -2.38. The van der Waals surface area contributed by atoms with Crippen molar-refractivity contribution in [3.8, 4) is 0 Å². The number of nitrogens with two attached hydrogens (primary N) is 1. The van der Waals surface area contributed by atoms with Crippen molar-refractivity contribution in [2.24, 2.45) is 5.73 Å². The molecular formula is C26H27N5O4. The monoisotopic (exact) mass is 473 g/mol. The predicted molar refractivity (Wildman–Crippen MR) is 132 cm³/mol. The van der Waals surface area contributed by atoms with E-state index in [4.69, 9.17) is 11.1 Å². The van der Waals surface area contributed by atoms with Crippen LogP contribution in [0.25, 0.3) is 0 Å². The molecule has 1 atom stereocenters. The van der Waals surface area contributed by atoms with Gasteiger partial charge in [-0.15, -0.1) is 0 Å². The highest BCUT2D eigenvalue weighted by Gasteiger charge is 2.25. The molecule has 35 heavy (non-hydrogen) atoms. The van der Waals surface area contributed by atoms with Crippen molar-refractivity contribution in [3.63, 3.8) is 0 Å². The van der Waals surface area contributed by atoms with Gasteiger partial charge in [-0.3, -0.25) is 20.0 Å². The summed E-state index contributed by atoms with van der Waals surface area (Å²) in [6.45, 7) is 3.55. The second kappa shape index (κ2) is 11.1. The Morgan fingerprint density at radius 1 is 1.09 bits per heavy atom. The van der Waals surface area contributed by atoms with E-state index in [9.17, 15) is 19.5 Å². The highest BCUT2D eigenvalue weighted by molar-refractivity contribution is 6.44. The van der Waals surface area contributed by atoms with Crippen molar-refractivity contribution in [2.75, 3.05) is 0 Å². The second-order valence-electron chi connectivity index (χ2n) is 8.21. The number of benzene rings is 1. The van der Waals surface area contributed by atoms with E-state index in [2.05, 4.69) is 10.3 Å². The average molecular weight is 474 g/mol. The number of nitrogens with one attached hydrogen (secondary N) is 2. The van der Waals surface area contributed by atoms with Crippen LogP contribution in [0.4, 0.5) is 0 Å². The standard InChI is InChI=1S/C26H27N5O4/c1-16(17(2)27)23(28)25(33)30-24(26(34)35)21-12-20(13-29-14-21)11-18-6-8-19(9-7-18)15-31-10-4-3-5-22(31)32/h3-10,12-14,24,28H,11,15,27H2,1-2H3,(H,30,33)(H,34,35)/b17-16-,28-23?. The molecule has 2 aromatic heterocycles. The molecule has 0 fully saturated rings. The molecule has 0 spiro atoms. The molecule has 1 aromatic carbocycles. The van der Waals surface area contributed by atoms with Crippen LogP contribution >= 0.6 is 0 Å². The zero-order chi connectivity index (χ0) is 25.5. The summed E-state index contributed by atoms with van der Waals surface area (Å²) in [4.78, 5) is 40.3. The maximum absolute atomic E-state index is 12.4. The van der Waals surface area contributed by atoms with Crippen LogP contribution in [-0.4, -0.2) is 32.2 Å². The summed E-state index contributed by atoms with van der Waals surface area (Å²) < 4.78 is 1.62. The minimum Gasteiger partial charge on any atom is -0.479 e. The fourth-order valence-electron chi connectivity index (χ4n) is 3.41. The van der Waals surface area contributed by atoms with E-state index in [1.54, 1.807) is 36.0 Å². The van der Waals surface area contributed by atoms with Gasteiger partial charge in [0.1, 0.15) is 5.71 Å². The molecule has 1 amide bonds. The Labute approximate surface area is 202 Å². The number of allylic oxidation sites excluding steroid dienone is 1. The number of hydrogen-bond donors (Lipinski definition) is 4. The summed E-state index contributed by atoms with van der Waals surface area (Å²) in [6, 6.07) is 13.1. The first kappa shape index (κ1) is 25.1. The fraction of sp³-hybridized carbons (Fsp3) is 0.192. The van der Waals surface area contributed by atoms with Crippen LogP contribution in [-0.2, 0) is 22.6 Å². The van der Waals surface area contributed by atoms with Crippen LogP contribution < -0.4 is 16.6 Å². The number of aromatic nitrogens is 2. The molecule has 3 aromatic rings. The third-order valence-corrected chi connectivity index (χ3v) is 5.55. The molecule has 0 bridgehead atoms. The molecule has 0 saturated heterocycles. The summed E-state index contributed by atoms with van der Waals surface area (Å²) in [5.41, 5.74) is 8.77. The molecule has 180 valence electrons. The van der Waals surface area contributed by atoms with Crippen molar-refractivity contribution >= 4 is 17.6 Å². The molecule has 0 radical (unpaired) electrons. The van der Waals surface area contributed by atoms with Crippen LogP contribution in [0.1, 0.15) is 42.1 Å². The van der Waals surface area contributed by atoms with Gasteiger partial charge in [0.2, 0.25) is 0 Å². The van der Waals surface area contributed by atoms with Gasteiger partial charge in [-0.25, -0.2) is 4.79 Å². The molecule has 1 unspecified atom stereocenters. The van der Waals surface area contributed by atoms with Gasteiger partial charge in [-0.1, -0.05) is 30.3 Å². The highest BCUT2D eigenvalue weighted by Crippen LogP contribution is 2.17. The van der Waals surface area contributed by atoms with Gasteiger partial charge >= 0.3 is 5.97 Å². The summed E-state index contributed by atoms with van der Waals surface area (Å²) in [6.07, 6.45) is 5.25. The molecule has 9 nitrogen and oxygen atoms in total. The fourth-order valence-corrected chi connectivity index (χ4v) is 3.41. The van der Waals surface area contributed by atoms with E-state index in [1.165, 1.54) is 19.2 Å². The van der Waals surface area contributed by atoms with Crippen LogP contribution in [0.5, 0.6) is 0 Å².